The lowest BCUT2D eigenvalue weighted by atomic mass is 10.1. The van der Waals surface area contributed by atoms with Gasteiger partial charge in [0.1, 0.15) is 0 Å². The number of hydrogen-bond donors (Lipinski definition) is 1. The van der Waals surface area contributed by atoms with E-state index >= 15 is 0 Å². The smallest absolute Gasteiger partial charge is 0.0479 e. The fourth-order valence-corrected chi connectivity index (χ4v) is 1.30. The van der Waals surface area contributed by atoms with Crippen molar-refractivity contribution in [2.75, 3.05) is 11.1 Å². The zero-order chi connectivity index (χ0) is 7.66. The number of halogens is 1. The van der Waals surface area contributed by atoms with Gasteiger partial charge < -0.3 is 5.32 Å². The van der Waals surface area contributed by atoms with Crippen LogP contribution in [0.25, 0.3) is 0 Å². The van der Waals surface area contributed by atoms with Crippen LogP contribution in [0.2, 0.25) is 0 Å². The molecular formula is C8H18IN. The number of hydrogen-bond acceptors (Lipinski definition) is 1. The molecule has 1 N–H and O–H groups in total. The Kier molecular flexibility index (Phi) is 10.4. The molecule has 0 amide bonds. The van der Waals surface area contributed by atoms with Gasteiger partial charge in [-0.1, -0.05) is 55.2 Å². The van der Waals surface area contributed by atoms with Gasteiger partial charge in [0.05, 0.1) is 0 Å². The van der Waals surface area contributed by atoms with Crippen LogP contribution >= 0.6 is 22.6 Å². The summed E-state index contributed by atoms with van der Waals surface area (Å²) in [4.78, 5) is 0. The molecule has 0 aliphatic heterocycles. The van der Waals surface area contributed by atoms with Crippen LogP contribution in [0, 0.1) is 0 Å². The summed E-state index contributed by atoms with van der Waals surface area (Å²) < 4.78 is 1.09. The maximum Gasteiger partial charge on any atom is 0.0479 e. The van der Waals surface area contributed by atoms with Crippen LogP contribution in [0.1, 0.15) is 39.0 Å². The minimum Gasteiger partial charge on any atom is -0.308 e. The second-order valence-electron chi connectivity index (χ2n) is 2.55. The lowest BCUT2D eigenvalue weighted by Crippen LogP contribution is -2.11. The predicted octanol–water partition coefficient (Wildman–Crippen LogP) is 2.94. The van der Waals surface area contributed by atoms with E-state index in [2.05, 4.69) is 34.8 Å². The Morgan fingerprint density at radius 1 is 1.10 bits per heavy atom. The predicted molar refractivity (Wildman–Crippen MR) is 55.6 cm³/mol. The Morgan fingerprint density at radius 3 is 2.40 bits per heavy atom. The van der Waals surface area contributed by atoms with E-state index in [0.29, 0.717) is 0 Å². The summed E-state index contributed by atoms with van der Waals surface area (Å²) in [6.07, 6.45) is 6.92. The normalized spacial score (nSPS) is 10.2. The number of alkyl halides is 1. The first kappa shape index (κ1) is 10.7. The zero-order valence-electron chi connectivity index (χ0n) is 6.83. The standard InChI is InChI=1S/C8H18IN/c1-2-3-4-5-6-7-10-8-9/h10H,2-8H2,1H3. The molecule has 0 aromatic carbocycles. The molecule has 0 spiro atoms. The third-order valence-corrected chi connectivity index (χ3v) is 2.09. The SMILES string of the molecule is CCCCCCCNCI. The molecule has 0 aromatic heterocycles. The molecule has 2 heteroatoms. The minimum absolute atomic E-state index is 1.09. The molecule has 62 valence electrons. The number of rotatable bonds is 7. The molecule has 0 unspecified atom stereocenters. The second-order valence-corrected chi connectivity index (χ2v) is 3.31. The van der Waals surface area contributed by atoms with Crippen LogP contribution in [0.15, 0.2) is 0 Å². The largest absolute Gasteiger partial charge is 0.308 e. The molecule has 0 aliphatic carbocycles. The third kappa shape index (κ3) is 8.69. The van der Waals surface area contributed by atoms with Gasteiger partial charge in [-0.3, -0.25) is 0 Å². The molecule has 0 aliphatic rings. The van der Waals surface area contributed by atoms with Gasteiger partial charge in [-0.15, -0.1) is 0 Å². The van der Waals surface area contributed by atoms with E-state index < -0.39 is 0 Å². The molecule has 0 heterocycles. The molecular weight excluding hydrogens is 237 g/mol. The van der Waals surface area contributed by atoms with Crippen LogP contribution in [0.3, 0.4) is 0 Å². The van der Waals surface area contributed by atoms with E-state index in [-0.39, 0.29) is 0 Å². The Bertz CT molecular complexity index is 49.2. The molecule has 0 rings (SSSR count). The monoisotopic (exact) mass is 255 g/mol. The minimum atomic E-state index is 1.09. The first-order valence-corrected chi connectivity index (χ1v) is 5.71. The van der Waals surface area contributed by atoms with E-state index in [1.165, 1.54) is 38.6 Å². The van der Waals surface area contributed by atoms with Crippen LogP contribution in [0.4, 0.5) is 0 Å². The Morgan fingerprint density at radius 2 is 1.80 bits per heavy atom. The first-order chi connectivity index (χ1) is 4.91. The van der Waals surface area contributed by atoms with E-state index in [1.807, 2.05) is 0 Å². The Balaban J connectivity index is 2.65. The Hall–Kier alpha value is 0.690. The molecule has 0 aromatic rings. The van der Waals surface area contributed by atoms with Crippen molar-refractivity contribution in [1.82, 2.24) is 5.32 Å². The maximum atomic E-state index is 3.31. The highest BCUT2D eigenvalue weighted by atomic mass is 127. The molecule has 0 atom stereocenters. The topological polar surface area (TPSA) is 12.0 Å². The van der Waals surface area contributed by atoms with Gasteiger partial charge in [-0.05, 0) is 13.0 Å². The van der Waals surface area contributed by atoms with E-state index in [0.717, 1.165) is 4.55 Å². The third-order valence-electron chi connectivity index (χ3n) is 1.55. The van der Waals surface area contributed by atoms with Crippen molar-refractivity contribution in [1.29, 1.82) is 0 Å². The molecule has 0 fully saturated rings. The van der Waals surface area contributed by atoms with Crippen molar-refractivity contribution in [3.8, 4) is 0 Å². The van der Waals surface area contributed by atoms with Gasteiger partial charge in [-0.2, -0.15) is 0 Å². The van der Waals surface area contributed by atoms with Gasteiger partial charge in [0, 0.05) is 4.55 Å². The molecule has 0 saturated carbocycles. The Labute approximate surface area is 78.1 Å². The summed E-state index contributed by atoms with van der Waals surface area (Å²) in [5.41, 5.74) is 0. The van der Waals surface area contributed by atoms with Crippen molar-refractivity contribution in [2.24, 2.45) is 0 Å². The van der Waals surface area contributed by atoms with Gasteiger partial charge in [0.2, 0.25) is 0 Å². The highest BCUT2D eigenvalue weighted by Gasteiger charge is 1.86. The van der Waals surface area contributed by atoms with Crippen molar-refractivity contribution in [2.45, 2.75) is 39.0 Å². The first-order valence-electron chi connectivity index (χ1n) is 4.18. The summed E-state index contributed by atoms with van der Waals surface area (Å²) >= 11 is 2.34. The van der Waals surface area contributed by atoms with Gasteiger partial charge in [-0.25, -0.2) is 0 Å². The highest BCUT2D eigenvalue weighted by Crippen LogP contribution is 2.00. The van der Waals surface area contributed by atoms with Crippen LogP contribution < -0.4 is 5.32 Å². The van der Waals surface area contributed by atoms with Crippen LogP contribution in [-0.2, 0) is 0 Å². The van der Waals surface area contributed by atoms with E-state index in [9.17, 15) is 0 Å². The van der Waals surface area contributed by atoms with Crippen LogP contribution in [0.5, 0.6) is 0 Å². The van der Waals surface area contributed by atoms with Gasteiger partial charge in [0.15, 0.2) is 0 Å². The quantitative estimate of drug-likeness (QED) is 0.319. The highest BCUT2D eigenvalue weighted by molar-refractivity contribution is 14.1. The molecule has 0 radical (unpaired) electrons. The molecule has 0 bridgehead atoms. The lowest BCUT2D eigenvalue weighted by molar-refractivity contribution is 0.609. The average molecular weight is 255 g/mol. The maximum absolute atomic E-state index is 3.31. The van der Waals surface area contributed by atoms with Gasteiger partial charge in [0.25, 0.3) is 0 Å². The van der Waals surface area contributed by atoms with Crippen molar-refractivity contribution in [3.63, 3.8) is 0 Å². The number of nitrogens with one attached hydrogen (secondary N) is 1. The van der Waals surface area contributed by atoms with Crippen molar-refractivity contribution >= 4 is 22.6 Å². The summed E-state index contributed by atoms with van der Waals surface area (Å²) in [5.74, 6) is 0. The number of unbranched alkanes of at least 4 members (excludes halogenated alkanes) is 4. The van der Waals surface area contributed by atoms with Crippen molar-refractivity contribution in [3.05, 3.63) is 0 Å². The molecule has 0 saturated heterocycles. The van der Waals surface area contributed by atoms with E-state index in [1.54, 1.807) is 0 Å². The molecule has 1 nitrogen and oxygen atoms in total. The summed E-state index contributed by atoms with van der Waals surface area (Å²) in [6.45, 7) is 3.45. The van der Waals surface area contributed by atoms with Crippen molar-refractivity contribution < 1.29 is 0 Å². The van der Waals surface area contributed by atoms with Gasteiger partial charge >= 0.3 is 0 Å². The zero-order valence-corrected chi connectivity index (χ0v) is 8.99. The summed E-state index contributed by atoms with van der Waals surface area (Å²) in [7, 11) is 0. The summed E-state index contributed by atoms with van der Waals surface area (Å²) in [5, 5.41) is 3.31. The fourth-order valence-electron chi connectivity index (χ4n) is 0.920. The molecule has 10 heavy (non-hydrogen) atoms. The van der Waals surface area contributed by atoms with Crippen LogP contribution in [-0.4, -0.2) is 11.1 Å². The average Bonchev–Trinajstić information content (AvgIpc) is 1.97. The lowest BCUT2D eigenvalue weighted by Gasteiger charge is -1.99. The summed E-state index contributed by atoms with van der Waals surface area (Å²) in [6, 6.07) is 0. The second kappa shape index (κ2) is 9.69. The van der Waals surface area contributed by atoms with E-state index in [4.69, 9.17) is 0 Å². The fraction of sp³-hybridized carbons (Fsp3) is 1.00.